The monoisotopic (exact) mass is 461 g/mol. The Labute approximate surface area is 188 Å². The van der Waals surface area contributed by atoms with Crippen LogP contribution in [0, 0.1) is 0 Å². The quantitative estimate of drug-likeness (QED) is 0.563. The Balaban J connectivity index is 1.52. The van der Waals surface area contributed by atoms with Gasteiger partial charge in [0.2, 0.25) is 10.0 Å². The molecule has 0 radical (unpaired) electrons. The van der Waals surface area contributed by atoms with Crippen LogP contribution < -0.4 is 4.90 Å². The van der Waals surface area contributed by atoms with Crippen LogP contribution in [-0.4, -0.2) is 67.4 Å². The maximum atomic E-state index is 12.5. The summed E-state index contributed by atoms with van der Waals surface area (Å²) in [6.45, 7) is 7.33. The second-order valence-corrected chi connectivity index (χ2v) is 10.5. The van der Waals surface area contributed by atoms with Gasteiger partial charge in [-0.2, -0.15) is 0 Å². The van der Waals surface area contributed by atoms with E-state index >= 15 is 0 Å². The predicted molar refractivity (Wildman–Crippen MR) is 125 cm³/mol. The lowest BCUT2D eigenvalue weighted by Gasteiger charge is -2.36. The summed E-state index contributed by atoms with van der Waals surface area (Å²) in [7, 11) is -0.402. The van der Waals surface area contributed by atoms with Crippen LogP contribution in [0.3, 0.4) is 0 Å². The number of sulfonamides is 1. The third-order valence-electron chi connectivity index (χ3n) is 5.80. The lowest BCUT2D eigenvalue weighted by Crippen LogP contribution is -2.46. The Bertz CT molecular complexity index is 1180. The van der Waals surface area contributed by atoms with Gasteiger partial charge in [-0.25, -0.2) is 17.7 Å². The number of aryl methyl sites for hydroxylation is 1. The van der Waals surface area contributed by atoms with Gasteiger partial charge in [0.25, 0.3) is 0 Å². The Hall–Kier alpha value is -2.13. The van der Waals surface area contributed by atoms with Crippen molar-refractivity contribution in [3.8, 4) is 0 Å². The molecule has 0 bridgehead atoms. The molecule has 1 aliphatic heterocycles. The summed E-state index contributed by atoms with van der Waals surface area (Å²) in [5.41, 5.74) is 2.84. The fourth-order valence-corrected chi connectivity index (χ4v) is 5.15. The molecule has 2 aromatic carbocycles. The topological polar surface area (TPSA) is 61.7 Å². The minimum atomic E-state index is -3.48. The lowest BCUT2D eigenvalue weighted by molar-refractivity contribution is 0.241. The third-order valence-corrected chi connectivity index (χ3v) is 7.85. The van der Waals surface area contributed by atoms with E-state index in [-0.39, 0.29) is 4.90 Å². The van der Waals surface area contributed by atoms with Crippen molar-refractivity contribution in [1.82, 2.24) is 18.8 Å². The number of nitrogens with zero attached hydrogens (tertiary/aromatic N) is 5. The maximum Gasteiger partial charge on any atom is 0.242 e. The first-order chi connectivity index (χ1) is 14.8. The zero-order valence-electron chi connectivity index (χ0n) is 18.1. The molecule has 1 saturated heterocycles. The molecule has 31 heavy (non-hydrogen) atoms. The summed E-state index contributed by atoms with van der Waals surface area (Å²) in [5.74, 6) is 0.966. The summed E-state index contributed by atoms with van der Waals surface area (Å²) in [6, 6.07) is 13.2. The Morgan fingerprint density at radius 3 is 2.45 bits per heavy atom. The molecule has 1 aliphatic rings. The van der Waals surface area contributed by atoms with Crippen molar-refractivity contribution in [2.24, 2.45) is 0 Å². The molecule has 0 amide bonds. The summed E-state index contributed by atoms with van der Waals surface area (Å²) in [5, 5.41) is 0.757. The molecule has 0 saturated carbocycles. The van der Waals surface area contributed by atoms with Crippen LogP contribution in [0.5, 0.6) is 0 Å². The van der Waals surface area contributed by atoms with E-state index in [1.54, 1.807) is 26.2 Å². The molecule has 9 heteroatoms. The van der Waals surface area contributed by atoms with Crippen LogP contribution in [0.15, 0.2) is 47.4 Å². The first-order valence-corrected chi connectivity index (χ1v) is 12.3. The number of hydrogen-bond donors (Lipinski definition) is 0. The molecule has 1 fully saturated rings. The minimum absolute atomic E-state index is 0.271. The van der Waals surface area contributed by atoms with Crippen LogP contribution in [0.25, 0.3) is 11.0 Å². The van der Waals surface area contributed by atoms with Crippen molar-refractivity contribution in [1.29, 1.82) is 0 Å². The number of fused-ring (bicyclic) bond motifs is 1. The molecule has 0 spiro atoms. The maximum absolute atomic E-state index is 12.5. The predicted octanol–water partition coefficient (Wildman–Crippen LogP) is 3.28. The normalized spacial score (nSPS) is 15.8. The highest BCUT2D eigenvalue weighted by Gasteiger charge is 2.22. The third kappa shape index (κ3) is 4.43. The summed E-state index contributed by atoms with van der Waals surface area (Å²) in [4.78, 5) is 9.82. The number of benzene rings is 2. The molecule has 2 heterocycles. The molecule has 0 N–H and O–H groups in total. The molecular weight excluding hydrogens is 434 g/mol. The number of anilines is 1. The molecule has 4 rings (SSSR count). The van der Waals surface area contributed by atoms with Crippen molar-refractivity contribution >= 4 is 38.3 Å². The van der Waals surface area contributed by atoms with Gasteiger partial charge in [0.15, 0.2) is 0 Å². The second kappa shape index (κ2) is 8.78. The highest BCUT2D eigenvalue weighted by molar-refractivity contribution is 7.89. The second-order valence-electron chi connectivity index (χ2n) is 7.95. The molecular formula is C22H28ClN5O2S. The van der Waals surface area contributed by atoms with Gasteiger partial charge < -0.3 is 9.47 Å². The molecule has 1 aromatic heterocycles. The van der Waals surface area contributed by atoms with Crippen molar-refractivity contribution in [3.05, 3.63) is 53.3 Å². The SMILES string of the molecule is CCn1c(CN2CCN(c3cccc(Cl)c3)CC2)nc2cc(S(=O)(=O)N(C)C)ccc21. The number of piperazine rings is 1. The van der Waals surface area contributed by atoms with Crippen molar-refractivity contribution in [2.75, 3.05) is 45.2 Å². The van der Waals surface area contributed by atoms with Crippen LogP contribution >= 0.6 is 11.6 Å². The largest absolute Gasteiger partial charge is 0.369 e. The van der Waals surface area contributed by atoms with Gasteiger partial charge in [0, 0.05) is 57.5 Å². The van der Waals surface area contributed by atoms with E-state index in [9.17, 15) is 8.42 Å². The van der Waals surface area contributed by atoms with E-state index < -0.39 is 10.0 Å². The van der Waals surface area contributed by atoms with Crippen molar-refractivity contribution in [2.45, 2.75) is 24.9 Å². The van der Waals surface area contributed by atoms with Gasteiger partial charge in [-0.1, -0.05) is 17.7 Å². The molecule has 166 valence electrons. The number of rotatable bonds is 6. The first kappa shape index (κ1) is 22.1. The van der Waals surface area contributed by atoms with Crippen molar-refractivity contribution < 1.29 is 8.42 Å². The van der Waals surface area contributed by atoms with Crippen LogP contribution in [0.4, 0.5) is 5.69 Å². The Kier molecular flexibility index (Phi) is 6.25. The summed E-state index contributed by atoms with van der Waals surface area (Å²) in [6.07, 6.45) is 0. The van der Waals surface area contributed by atoms with E-state index in [4.69, 9.17) is 16.6 Å². The van der Waals surface area contributed by atoms with Gasteiger partial charge in [0.1, 0.15) is 5.82 Å². The van der Waals surface area contributed by atoms with E-state index in [1.807, 2.05) is 24.3 Å². The fraction of sp³-hybridized carbons (Fsp3) is 0.409. The van der Waals surface area contributed by atoms with Gasteiger partial charge in [-0.3, -0.25) is 4.90 Å². The summed E-state index contributed by atoms with van der Waals surface area (Å²) < 4.78 is 28.4. The van der Waals surface area contributed by atoms with Crippen molar-refractivity contribution in [3.63, 3.8) is 0 Å². The highest BCUT2D eigenvalue weighted by atomic mass is 35.5. The zero-order valence-corrected chi connectivity index (χ0v) is 19.7. The van der Waals surface area contributed by atoms with Gasteiger partial charge >= 0.3 is 0 Å². The van der Waals surface area contributed by atoms with E-state index in [0.29, 0.717) is 0 Å². The average molecular weight is 462 g/mol. The summed E-state index contributed by atoms with van der Waals surface area (Å²) >= 11 is 6.14. The zero-order chi connectivity index (χ0) is 22.2. The van der Waals surface area contributed by atoms with E-state index in [0.717, 1.165) is 66.8 Å². The van der Waals surface area contributed by atoms with E-state index in [2.05, 4.69) is 27.4 Å². The molecule has 7 nitrogen and oxygen atoms in total. The first-order valence-electron chi connectivity index (χ1n) is 10.4. The smallest absolute Gasteiger partial charge is 0.242 e. The molecule has 3 aromatic rings. The average Bonchev–Trinajstić information content (AvgIpc) is 3.10. The Morgan fingerprint density at radius 1 is 1.06 bits per heavy atom. The van der Waals surface area contributed by atoms with Gasteiger partial charge in [0.05, 0.1) is 22.5 Å². The molecule has 0 aliphatic carbocycles. The molecule has 0 atom stereocenters. The van der Waals surface area contributed by atoms with Gasteiger partial charge in [-0.05, 0) is 43.3 Å². The number of hydrogen-bond acceptors (Lipinski definition) is 5. The van der Waals surface area contributed by atoms with Crippen LogP contribution in [0.1, 0.15) is 12.7 Å². The van der Waals surface area contributed by atoms with Gasteiger partial charge in [-0.15, -0.1) is 0 Å². The fourth-order valence-electron chi connectivity index (χ4n) is 4.04. The standard InChI is InChI=1S/C22H28ClN5O2S/c1-4-28-21-9-8-19(31(29,30)25(2)3)15-20(21)24-22(28)16-26-10-12-27(13-11-26)18-7-5-6-17(23)14-18/h5-9,14-15H,4,10-13,16H2,1-3H3. The van der Waals surface area contributed by atoms with Crippen LogP contribution in [-0.2, 0) is 23.1 Å². The number of aromatic nitrogens is 2. The number of imidazole rings is 1. The number of halogens is 1. The van der Waals surface area contributed by atoms with E-state index in [1.165, 1.54) is 4.31 Å². The minimum Gasteiger partial charge on any atom is -0.369 e. The Morgan fingerprint density at radius 2 is 1.81 bits per heavy atom. The molecule has 0 unspecified atom stereocenters. The highest BCUT2D eigenvalue weighted by Crippen LogP contribution is 2.24. The van der Waals surface area contributed by atoms with Crippen LogP contribution in [0.2, 0.25) is 5.02 Å². The lowest BCUT2D eigenvalue weighted by atomic mass is 10.2.